The zero-order valence-corrected chi connectivity index (χ0v) is 19.5. The molecule has 1 N–H and O–H groups in total. The number of aryl methyl sites for hydroxylation is 1. The molecule has 3 aromatic rings. The number of carbonyl (C=O) groups is 1. The van der Waals surface area contributed by atoms with Crippen molar-refractivity contribution >= 4 is 23.3 Å². The third-order valence-corrected chi connectivity index (χ3v) is 5.67. The number of rotatable bonds is 5. The van der Waals surface area contributed by atoms with Gasteiger partial charge in [0.25, 0.3) is 0 Å². The quantitative estimate of drug-likeness (QED) is 0.598. The Balaban J connectivity index is 1.41. The third kappa shape index (κ3) is 5.62. The highest BCUT2D eigenvalue weighted by atomic mass is 16.6. The van der Waals surface area contributed by atoms with Crippen molar-refractivity contribution in [2.24, 2.45) is 0 Å². The molecule has 33 heavy (non-hydrogen) atoms. The van der Waals surface area contributed by atoms with Crippen molar-refractivity contribution in [3.63, 3.8) is 0 Å². The highest BCUT2D eigenvalue weighted by molar-refractivity contribution is 5.86. The molecule has 1 aliphatic rings. The average Bonchev–Trinajstić information content (AvgIpc) is 2.81. The first-order valence-corrected chi connectivity index (χ1v) is 11.1. The van der Waals surface area contributed by atoms with Crippen molar-refractivity contribution in [2.45, 2.75) is 20.0 Å². The first-order chi connectivity index (χ1) is 15.9. The number of ether oxygens (including phenoxy) is 2. The van der Waals surface area contributed by atoms with Crippen molar-refractivity contribution in [3.05, 3.63) is 66.4 Å². The Morgan fingerprint density at radius 2 is 1.94 bits per heavy atom. The van der Waals surface area contributed by atoms with Crippen molar-refractivity contribution in [2.75, 3.05) is 48.9 Å². The van der Waals surface area contributed by atoms with Crippen LogP contribution in [0.3, 0.4) is 0 Å². The van der Waals surface area contributed by atoms with Gasteiger partial charge < -0.3 is 19.3 Å². The minimum Gasteiger partial charge on any atom is -0.410 e. The predicted molar refractivity (Wildman–Crippen MR) is 132 cm³/mol. The molecule has 0 saturated carbocycles. The van der Waals surface area contributed by atoms with Gasteiger partial charge in [-0.15, -0.1) is 0 Å². The maximum absolute atomic E-state index is 12.5. The van der Waals surface area contributed by atoms with Crippen molar-refractivity contribution in [3.8, 4) is 16.9 Å². The molecule has 0 radical (unpaired) electrons. The van der Waals surface area contributed by atoms with E-state index >= 15 is 0 Å². The Kier molecular flexibility index (Phi) is 6.79. The van der Waals surface area contributed by atoms with Gasteiger partial charge in [0.2, 0.25) is 0 Å². The number of carbonyl (C=O) groups excluding carboxylic acids is 1. The monoisotopic (exact) mass is 446 g/mol. The van der Waals surface area contributed by atoms with E-state index in [1.165, 1.54) is 0 Å². The lowest BCUT2D eigenvalue weighted by Crippen LogP contribution is -2.41. The molecule has 4 rings (SSSR count). The largest absolute Gasteiger partial charge is 0.417 e. The molecule has 172 valence electrons. The summed E-state index contributed by atoms with van der Waals surface area (Å²) in [4.78, 5) is 21.2. The second-order valence-corrected chi connectivity index (χ2v) is 8.47. The molecular weight excluding hydrogens is 416 g/mol. The number of amides is 1. The molecule has 1 atom stereocenters. The molecule has 1 unspecified atom stereocenters. The Morgan fingerprint density at radius 1 is 1.15 bits per heavy atom. The van der Waals surface area contributed by atoms with Crippen molar-refractivity contribution < 1.29 is 14.3 Å². The lowest BCUT2D eigenvalue weighted by atomic mass is 10.00. The average molecular weight is 447 g/mol. The van der Waals surface area contributed by atoms with Gasteiger partial charge >= 0.3 is 6.09 Å². The SMILES string of the molecule is Cc1ccc(OC(=O)Nc2ccc(N3CCOC(C)C3)nc2)cc1-c1ccc(N(C)C)cc1. The predicted octanol–water partition coefficient (Wildman–Crippen LogP) is 4.96. The molecule has 0 spiro atoms. The van der Waals surface area contributed by atoms with Gasteiger partial charge in [-0.2, -0.15) is 0 Å². The molecule has 7 heteroatoms. The normalized spacial score (nSPS) is 15.8. The lowest BCUT2D eigenvalue weighted by molar-refractivity contribution is 0.0529. The Morgan fingerprint density at radius 3 is 2.61 bits per heavy atom. The van der Waals surface area contributed by atoms with E-state index in [0.29, 0.717) is 18.0 Å². The van der Waals surface area contributed by atoms with E-state index < -0.39 is 6.09 Å². The van der Waals surface area contributed by atoms with E-state index in [0.717, 1.165) is 41.3 Å². The van der Waals surface area contributed by atoms with Gasteiger partial charge in [-0.1, -0.05) is 18.2 Å². The van der Waals surface area contributed by atoms with Crippen LogP contribution in [0.4, 0.5) is 22.0 Å². The van der Waals surface area contributed by atoms with Crippen LogP contribution in [0.15, 0.2) is 60.8 Å². The molecule has 7 nitrogen and oxygen atoms in total. The van der Waals surface area contributed by atoms with Crippen LogP contribution in [-0.4, -0.2) is 51.0 Å². The first-order valence-electron chi connectivity index (χ1n) is 11.1. The smallest absolute Gasteiger partial charge is 0.410 e. The van der Waals surface area contributed by atoms with Gasteiger partial charge in [0, 0.05) is 32.9 Å². The number of benzene rings is 2. The Bertz CT molecular complexity index is 1100. The van der Waals surface area contributed by atoms with Crippen LogP contribution >= 0.6 is 0 Å². The molecule has 2 aromatic carbocycles. The molecule has 0 aliphatic carbocycles. The summed E-state index contributed by atoms with van der Waals surface area (Å²) >= 11 is 0. The molecule has 0 bridgehead atoms. The highest BCUT2D eigenvalue weighted by Crippen LogP contribution is 2.29. The molecule has 2 heterocycles. The number of hydrogen-bond acceptors (Lipinski definition) is 6. The number of aromatic nitrogens is 1. The van der Waals surface area contributed by atoms with Gasteiger partial charge in [-0.3, -0.25) is 5.32 Å². The number of nitrogens with zero attached hydrogens (tertiary/aromatic N) is 3. The fraction of sp³-hybridized carbons (Fsp3) is 0.308. The maximum atomic E-state index is 12.5. The summed E-state index contributed by atoms with van der Waals surface area (Å²) in [6.45, 7) is 6.39. The molecule has 1 aliphatic heterocycles. The second kappa shape index (κ2) is 9.92. The maximum Gasteiger partial charge on any atom is 0.417 e. The van der Waals surface area contributed by atoms with Gasteiger partial charge in [-0.25, -0.2) is 9.78 Å². The summed E-state index contributed by atoms with van der Waals surface area (Å²) in [6, 6.07) is 17.7. The van der Waals surface area contributed by atoms with Crippen LogP contribution in [0.1, 0.15) is 12.5 Å². The van der Waals surface area contributed by atoms with E-state index in [4.69, 9.17) is 9.47 Å². The second-order valence-electron chi connectivity index (χ2n) is 8.47. The molecule has 1 saturated heterocycles. The summed E-state index contributed by atoms with van der Waals surface area (Å²) in [6.07, 6.45) is 1.27. The number of anilines is 3. The first kappa shape index (κ1) is 22.6. The lowest BCUT2D eigenvalue weighted by Gasteiger charge is -2.32. The van der Waals surface area contributed by atoms with E-state index in [2.05, 4.69) is 44.4 Å². The van der Waals surface area contributed by atoms with E-state index in [-0.39, 0.29) is 6.10 Å². The molecule has 1 fully saturated rings. The minimum atomic E-state index is -0.553. The Labute approximate surface area is 195 Å². The number of hydrogen-bond donors (Lipinski definition) is 1. The van der Waals surface area contributed by atoms with Crippen molar-refractivity contribution in [1.29, 1.82) is 0 Å². The summed E-state index contributed by atoms with van der Waals surface area (Å²) < 4.78 is 11.1. The fourth-order valence-electron chi connectivity index (χ4n) is 3.84. The summed E-state index contributed by atoms with van der Waals surface area (Å²) in [5.41, 5.74) is 4.91. The fourth-order valence-corrected chi connectivity index (χ4v) is 3.84. The zero-order chi connectivity index (χ0) is 23.4. The van der Waals surface area contributed by atoms with Crippen LogP contribution in [0.5, 0.6) is 5.75 Å². The number of morpholine rings is 1. The van der Waals surface area contributed by atoms with Gasteiger partial charge in [0.15, 0.2) is 0 Å². The molecular formula is C26H30N4O3. The molecule has 1 amide bonds. The van der Waals surface area contributed by atoms with Gasteiger partial charge in [0.1, 0.15) is 11.6 Å². The third-order valence-electron chi connectivity index (χ3n) is 5.67. The minimum absolute atomic E-state index is 0.179. The van der Waals surface area contributed by atoms with Gasteiger partial charge in [-0.05, 0) is 66.9 Å². The highest BCUT2D eigenvalue weighted by Gasteiger charge is 2.18. The number of pyridine rings is 1. The van der Waals surface area contributed by atoms with E-state index in [1.807, 2.05) is 52.2 Å². The zero-order valence-electron chi connectivity index (χ0n) is 19.5. The van der Waals surface area contributed by atoms with Crippen LogP contribution in [0.25, 0.3) is 11.1 Å². The van der Waals surface area contributed by atoms with Crippen LogP contribution in [-0.2, 0) is 4.74 Å². The van der Waals surface area contributed by atoms with Crippen LogP contribution in [0, 0.1) is 6.92 Å². The standard InChI is InChI=1S/C26H30N4O3/c1-18-5-11-23(15-24(18)20-6-9-22(10-7-20)29(3)4)33-26(31)28-21-8-12-25(27-16-21)30-13-14-32-19(2)17-30/h5-12,15-16,19H,13-14,17H2,1-4H3,(H,28,31). The van der Waals surface area contributed by atoms with Crippen molar-refractivity contribution in [1.82, 2.24) is 4.98 Å². The summed E-state index contributed by atoms with van der Waals surface area (Å²) in [7, 11) is 4.03. The number of nitrogens with one attached hydrogen (secondary N) is 1. The van der Waals surface area contributed by atoms with Gasteiger partial charge in [0.05, 0.1) is 24.6 Å². The van der Waals surface area contributed by atoms with Crippen LogP contribution in [0.2, 0.25) is 0 Å². The van der Waals surface area contributed by atoms with E-state index in [1.54, 1.807) is 12.3 Å². The van der Waals surface area contributed by atoms with E-state index in [9.17, 15) is 4.79 Å². The topological polar surface area (TPSA) is 66.9 Å². The summed E-state index contributed by atoms with van der Waals surface area (Å²) in [5, 5.41) is 2.75. The Hall–Kier alpha value is -3.58. The molecule has 1 aromatic heterocycles. The van der Waals surface area contributed by atoms with Crippen LogP contribution < -0.4 is 19.9 Å². The summed E-state index contributed by atoms with van der Waals surface area (Å²) in [5.74, 6) is 1.35.